The van der Waals surface area contributed by atoms with Crippen molar-refractivity contribution in [2.75, 3.05) is 5.32 Å². The lowest BCUT2D eigenvalue weighted by molar-refractivity contribution is 0.395. The first-order valence-electron chi connectivity index (χ1n) is 5.39. The smallest absolute Gasteiger partial charge is 0.187 e. The maximum atomic E-state index is 13.1. The van der Waals surface area contributed by atoms with Crippen LogP contribution in [0.15, 0.2) is 18.2 Å². The summed E-state index contributed by atoms with van der Waals surface area (Å²) in [4.78, 5) is 0. The first-order chi connectivity index (χ1) is 8.47. The predicted octanol–water partition coefficient (Wildman–Crippen LogP) is 2.32. The molecule has 0 amide bonds. The van der Waals surface area contributed by atoms with Crippen LogP contribution in [0.25, 0.3) is 0 Å². The Labute approximate surface area is 103 Å². The molecular formula is C12H13F2N3O. The highest BCUT2D eigenvalue weighted by molar-refractivity contribution is 5.38. The van der Waals surface area contributed by atoms with E-state index in [1.807, 2.05) is 13.0 Å². The maximum Gasteiger partial charge on any atom is 0.187 e. The fourth-order valence-corrected chi connectivity index (χ4v) is 1.56. The molecule has 1 aromatic carbocycles. The van der Waals surface area contributed by atoms with Crippen LogP contribution in [0.1, 0.15) is 11.3 Å². The molecule has 2 N–H and O–H groups in total. The number of hydrogen-bond acceptors (Lipinski definition) is 3. The van der Waals surface area contributed by atoms with Gasteiger partial charge in [-0.05, 0) is 24.6 Å². The third-order valence-electron chi connectivity index (χ3n) is 2.66. The molecule has 18 heavy (non-hydrogen) atoms. The quantitative estimate of drug-likeness (QED) is 0.882. The number of hydrogen-bond donors (Lipinski definition) is 2. The average molecular weight is 253 g/mol. The minimum Gasteiger partial charge on any atom is -0.503 e. The topological polar surface area (TPSA) is 50.1 Å². The summed E-state index contributed by atoms with van der Waals surface area (Å²) < 4.78 is 27.9. The SMILES string of the molecule is Cc1cc(NCc2cc(F)c(O)c(F)c2)nn1C. The van der Waals surface area contributed by atoms with Gasteiger partial charge in [-0.3, -0.25) is 4.68 Å². The first-order valence-corrected chi connectivity index (χ1v) is 5.39. The molecule has 2 rings (SSSR count). The summed E-state index contributed by atoms with van der Waals surface area (Å²) in [6, 6.07) is 4.00. The zero-order valence-electron chi connectivity index (χ0n) is 10.0. The minimum atomic E-state index is -0.969. The lowest BCUT2D eigenvalue weighted by Crippen LogP contribution is -2.02. The third kappa shape index (κ3) is 2.42. The molecule has 4 nitrogen and oxygen atoms in total. The number of halogens is 2. The molecule has 0 aliphatic rings. The fourth-order valence-electron chi connectivity index (χ4n) is 1.56. The van der Waals surface area contributed by atoms with Crippen molar-refractivity contribution in [1.29, 1.82) is 0 Å². The molecule has 0 unspecified atom stereocenters. The van der Waals surface area contributed by atoms with Crippen LogP contribution in [0, 0.1) is 18.6 Å². The Kier molecular flexibility index (Phi) is 3.18. The summed E-state index contributed by atoms with van der Waals surface area (Å²) in [6.45, 7) is 2.13. The second kappa shape index (κ2) is 4.64. The van der Waals surface area contributed by atoms with E-state index in [-0.39, 0.29) is 6.54 Å². The lowest BCUT2D eigenvalue weighted by atomic mass is 10.2. The zero-order valence-corrected chi connectivity index (χ0v) is 10.0. The number of phenolic OH excluding ortho intramolecular Hbond substituents is 1. The van der Waals surface area contributed by atoms with Crippen LogP contribution in [0.3, 0.4) is 0 Å². The number of phenols is 1. The van der Waals surface area contributed by atoms with Crippen molar-refractivity contribution in [1.82, 2.24) is 9.78 Å². The van der Waals surface area contributed by atoms with E-state index >= 15 is 0 Å². The van der Waals surface area contributed by atoms with E-state index in [9.17, 15) is 8.78 Å². The van der Waals surface area contributed by atoms with Gasteiger partial charge in [0.1, 0.15) is 5.82 Å². The van der Waals surface area contributed by atoms with Crippen LogP contribution in [0.2, 0.25) is 0 Å². The standard InChI is InChI=1S/C12H13F2N3O/c1-7-3-11(16-17(7)2)15-6-8-4-9(13)12(18)10(14)5-8/h3-5,18H,6H2,1-2H3,(H,15,16). The highest BCUT2D eigenvalue weighted by Gasteiger charge is 2.09. The normalized spacial score (nSPS) is 10.7. The van der Waals surface area contributed by atoms with Crippen molar-refractivity contribution >= 4 is 5.82 Å². The number of anilines is 1. The summed E-state index contributed by atoms with van der Waals surface area (Å²) in [6.07, 6.45) is 0. The molecule has 0 fully saturated rings. The Hall–Kier alpha value is -2.11. The van der Waals surface area contributed by atoms with Crippen molar-refractivity contribution < 1.29 is 13.9 Å². The summed E-state index contributed by atoms with van der Waals surface area (Å²) in [7, 11) is 1.81. The van der Waals surface area contributed by atoms with Gasteiger partial charge in [-0.15, -0.1) is 0 Å². The fraction of sp³-hybridized carbons (Fsp3) is 0.250. The number of aromatic nitrogens is 2. The molecule has 0 spiro atoms. The Morgan fingerprint density at radius 1 is 1.28 bits per heavy atom. The highest BCUT2D eigenvalue weighted by Crippen LogP contribution is 2.21. The summed E-state index contributed by atoms with van der Waals surface area (Å²) >= 11 is 0. The summed E-state index contributed by atoms with van der Waals surface area (Å²) in [5, 5.41) is 16.1. The molecular weight excluding hydrogens is 240 g/mol. The van der Waals surface area contributed by atoms with Crippen LogP contribution in [-0.4, -0.2) is 14.9 Å². The van der Waals surface area contributed by atoms with E-state index in [4.69, 9.17) is 5.11 Å². The van der Waals surface area contributed by atoms with Gasteiger partial charge in [-0.1, -0.05) is 0 Å². The molecule has 6 heteroatoms. The van der Waals surface area contributed by atoms with Gasteiger partial charge in [0.25, 0.3) is 0 Å². The Morgan fingerprint density at radius 3 is 2.39 bits per heavy atom. The van der Waals surface area contributed by atoms with Crippen molar-refractivity contribution in [3.05, 3.63) is 41.1 Å². The van der Waals surface area contributed by atoms with Gasteiger partial charge in [0, 0.05) is 25.4 Å². The predicted molar refractivity (Wildman–Crippen MR) is 63.3 cm³/mol. The summed E-state index contributed by atoms with van der Waals surface area (Å²) in [5.74, 6) is -2.26. The molecule has 0 aliphatic heterocycles. The van der Waals surface area contributed by atoms with Crippen molar-refractivity contribution in [3.63, 3.8) is 0 Å². The van der Waals surface area contributed by atoms with Crippen LogP contribution < -0.4 is 5.32 Å². The van der Waals surface area contributed by atoms with Crippen molar-refractivity contribution in [2.45, 2.75) is 13.5 Å². The van der Waals surface area contributed by atoms with Crippen LogP contribution in [0.5, 0.6) is 5.75 Å². The number of benzene rings is 1. The molecule has 96 valence electrons. The van der Waals surface area contributed by atoms with E-state index in [1.54, 1.807) is 11.7 Å². The van der Waals surface area contributed by atoms with Gasteiger partial charge in [0.2, 0.25) is 0 Å². The number of rotatable bonds is 3. The first kappa shape index (κ1) is 12.3. The van der Waals surface area contributed by atoms with Gasteiger partial charge < -0.3 is 10.4 Å². The highest BCUT2D eigenvalue weighted by atomic mass is 19.1. The molecule has 0 atom stereocenters. The molecule has 0 aliphatic carbocycles. The second-order valence-electron chi connectivity index (χ2n) is 4.06. The van der Waals surface area contributed by atoms with Crippen LogP contribution in [-0.2, 0) is 13.6 Å². The van der Waals surface area contributed by atoms with Crippen molar-refractivity contribution in [2.24, 2.45) is 7.05 Å². The van der Waals surface area contributed by atoms with Crippen LogP contribution in [0.4, 0.5) is 14.6 Å². The average Bonchev–Trinajstić information content (AvgIpc) is 2.63. The molecule has 0 saturated carbocycles. The van der Waals surface area contributed by atoms with E-state index in [0.717, 1.165) is 17.8 Å². The molecule has 1 heterocycles. The van der Waals surface area contributed by atoms with Gasteiger partial charge in [-0.25, -0.2) is 8.78 Å². The second-order valence-corrected chi connectivity index (χ2v) is 4.06. The Bertz CT molecular complexity index is 538. The largest absolute Gasteiger partial charge is 0.503 e. The monoisotopic (exact) mass is 253 g/mol. The number of nitrogens with zero attached hydrogens (tertiary/aromatic N) is 2. The lowest BCUT2D eigenvalue weighted by Gasteiger charge is -2.05. The van der Waals surface area contributed by atoms with Gasteiger partial charge in [0.15, 0.2) is 17.4 Å². The van der Waals surface area contributed by atoms with E-state index < -0.39 is 17.4 Å². The molecule has 0 radical (unpaired) electrons. The van der Waals surface area contributed by atoms with E-state index in [1.165, 1.54) is 0 Å². The molecule has 0 bridgehead atoms. The van der Waals surface area contributed by atoms with E-state index in [2.05, 4.69) is 10.4 Å². The number of nitrogens with one attached hydrogen (secondary N) is 1. The minimum absolute atomic E-state index is 0.227. The van der Waals surface area contributed by atoms with Gasteiger partial charge >= 0.3 is 0 Å². The third-order valence-corrected chi connectivity index (χ3v) is 2.66. The summed E-state index contributed by atoms with van der Waals surface area (Å²) in [5.41, 5.74) is 1.37. The van der Waals surface area contributed by atoms with E-state index in [0.29, 0.717) is 11.4 Å². The zero-order chi connectivity index (χ0) is 13.3. The van der Waals surface area contributed by atoms with Gasteiger partial charge in [0.05, 0.1) is 0 Å². The van der Waals surface area contributed by atoms with Crippen molar-refractivity contribution in [3.8, 4) is 5.75 Å². The maximum absolute atomic E-state index is 13.1. The number of aromatic hydroxyl groups is 1. The molecule has 2 aromatic rings. The Morgan fingerprint density at radius 2 is 1.89 bits per heavy atom. The van der Waals surface area contributed by atoms with Gasteiger partial charge in [-0.2, -0.15) is 5.10 Å². The molecule has 0 saturated heterocycles. The molecule has 1 aromatic heterocycles. The number of aryl methyl sites for hydroxylation is 2. The van der Waals surface area contributed by atoms with Crippen LogP contribution >= 0.6 is 0 Å². The Balaban J connectivity index is 2.11.